The van der Waals surface area contributed by atoms with Crippen LogP contribution in [0.1, 0.15) is 393 Å². The van der Waals surface area contributed by atoms with E-state index in [1.165, 1.54) is 347 Å². The van der Waals surface area contributed by atoms with Crippen molar-refractivity contribution < 1.29 is 15.0 Å². The Labute approximate surface area is 447 Å². The molecule has 0 heterocycles. The Morgan fingerprint density at radius 2 is 0.521 bits per heavy atom. The highest BCUT2D eigenvalue weighted by molar-refractivity contribution is 5.76. The fourth-order valence-corrected chi connectivity index (χ4v) is 11.0. The highest BCUT2D eigenvalue weighted by atomic mass is 16.3. The van der Waals surface area contributed by atoms with Crippen LogP contribution in [0.5, 0.6) is 0 Å². The first-order chi connectivity index (χ1) is 35.2. The van der Waals surface area contributed by atoms with Gasteiger partial charge in [-0.15, -0.1) is 0 Å². The van der Waals surface area contributed by atoms with Crippen LogP contribution in [0.15, 0.2) is 12.2 Å². The van der Waals surface area contributed by atoms with E-state index in [9.17, 15) is 15.0 Å². The van der Waals surface area contributed by atoms with Crippen molar-refractivity contribution in [2.75, 3.05) is 6.61 Å². The molecule has 0 aromatic rings. The molecule has 0 fully saturated rings. The molecule has 4 heteroatoms. The first kappa shape index (κ1) is 70.1. The molecule has 0 spiro atoms. The lowest BCUT2D eigenvalue weighted by molar-refractivity contribution is -0.123. The Morgan fingerprint density at radius 3 is 0.732 bits per heavy atom. The van der Waals surface area contributed by atoms with E-state index in [-0.39, 0.29) is 12.5 Å². The summed E-state index contributed by atoms with van der Waals surface area (Å²) in [5.74, 6) is -0.0537. The maximum atomic E-state index is 12.5. The Hall–Kier alpha value is -0.870. The Balaban J connectivity index is 3.40. The highest BCUT2D eigenvalue weighted by Crippen LogP contribution is 2.19. The van der Waals surface area contributed by atoms with Gasteiger partial charge in [0.2, 0.25) is 5.91 Å². The lowest BCUT2D eigenvalue weighted by Crippen LogP contribution is -2.45. The number of allylic oxidation sites excluding steroid dienone is 1. The number of hydrogen-bond acceptors (Lipinski definition) is 3. The van der Waals surface area contributed by atoms with Crippen molar-refractivity contribution in [1.29, 1.82) is 0 Å². The zero-order valence-electron chi connectivity index (χ0n) is 49.0. The van der Waals surface area contributed by atoms with E-state index in [0.717, 1.165) is 25.7 Å². The van der Waals surface area contributed by atoms with Gasteiger partial charge < -0.3 is 15.5 Å². The second kappa shape index (κ2) is 63.4. The van der Waals surface area contributed by atoms with Crippen molar-refractivity contribution in [1.82, 2.24) is 5.32 Å². The number of carbonyl (C=O) groups is 1. The third kappa shape index (κ3) is 59.9. The van der Waals surface area contributed by atoms with Gasteiger partial charge in [-0.3, -0.25) is 4.79 Å². The van der Waals surface area contributed by atoms with Gasteiger partial charge in [-0.05, 0) is 19.3 Å². The summed E-state index contributed by atoms with van der Waals surface area (Å²) in [6.07, 6.45) is 84.3. The minimum Gasteiger partial charge on any atom is -0.394 e. The van der Waals surface area contributed by atoms with E-state index < -0.39 is 12.1 Å². The summed E-state index contributed by atoms with van der Waals surface area (Å²) >= 11 is 0. The maximum Gasteiger partial charge on any atom is 0.220 e. The van der Waals surface area contributed by atoms with Crippen molar-refractivity contribution in [2.45, 2.75) is 405 Å². The lowest BCUT2D eigenvalue weighted by atomic mass is 10.0. The van der Waals surface area contributed by atoms with Crippen LogP contribution in [0.2, 0.25) is 0 Å². The number of hydrogen-bond donors (Lipinski definition) is 3. The Morgan fingerprint density at radius 1 is 0.324 bits per heavy atom. The second-order valence-corrected chi connectivity index (χ2v) is 23.3. The maximum absolute atomic E-state index is 12.5. The van der Waals surface area contributed by atoms with E-state index in [4.69, 9.17) is 0 Å². The summed E-state index contributed by atoms with van der Waals surface area (Å²) in [7, 11) is 0. The second-order valence-electron chi connectivity index (χ2n) is 23.3. The molecule has 0 aromatic heterocycles. The molecule has 0 aliphatic rings. The fraction of sp³-hybridized carbons (Fsp3) is 0.955. The Kier molecular flexibility index (Phi) is 62.6. The molecule has 0 aliphatic carbocycles. The minimum absolute atomic E-state index is 0.0537. The highest BCUT2D eigenvalue weighted by Gasteiger charge is 2.18. The van der Waals surface area contributed by atoms with E-state index in [1.807, 2.05) is 6.08 Å². The molecule has 2 atom stereocenters. The Bertz CT molecular complexity index is 998. The average Bonchev–Trinajstić information content (AvgIpc) is 3.37. The van der Waals surface area contributed by atoms with E-state index in [0.29, 0.717) is 6.42 Å². The minimum atomic E-state index is -0.837. The SMILES string of the molecule is CCCCCCCCCCCCCCCCCCCCCCCCCCCCCCCCC/C=C/C(O)C(CO)NC(=O)CCCCCCCCCCCCCCCCCCCCCCCCCCCC. The third-order valence-corrected chi connectivity index (χ3v) is 16.0. The quantitative estimate of drug-likeness (QED) is 0.0420. The van der Waals surface area contributed by atoms with Crippen molar-refractivity contribution in [3.8, 4) is 0 Å². The van der Waals surface area contributed by atoms with Crippen LogP contribution >= 0.6 is 0 Å². The molecule has 0 saturated carbocycles. The molecular formula is C67H133NO3. The number of nitrogens with one attached hydrogen (secondary N) is 1. The molecule has 71 heavy (non-hydrogen) atoms. The van der Waals surface area contributed by atoms with Gasteiger partial charge in [0.15, 0.2) is 0 Å². The van der Waals surface area contributed by atoms with Crippen molar-refractivity contribution in [2.24, 2.45) is 0 Å². The number of amides is 1. The number of aliphatic hydroxyl groups is 2. The van der Waals surface area contributed by atoms with Crippen LogP contribution in [0.4, 0.5) is 0 Å². The van der Waals surface area contributed by atoms with Gasteiger partial charge >= 0.3 is 0 Å². The van der Waals surface area contributed by atoms with Gasteiger partial charge in [0.1, 0.15) is 0 Å². The summed E-state index contributed by atoms with van der Waals surface area (Å²) in [5, 5.41) is 23.3. The summed E-state index contributed by atoms with van der Waals surface area (Å²) < 4.78 is 0. The first-order valence-corrected chi connectivity index (χ1v) is 33.4. The molecule has 0 bridgehead atoms. The summed E-state index contributed by atoms with van der Waals surface area (Å²) in [5.41, 5.74) is 0. The zero-order chi connectivity index (χ0) is 51.3. The fourth-order valence-electron chi connectivity index (χ4n) is 11.0. The molecule has 0 aliphatic heterocycles. The normalized spacial score (nSPS) is 12.7. The van der Waals surface area contributed by atoms with Crippen LogP contribution < -0.4 is 5.32 Å². The number of carbonyl (C=O) groups excluding carboxylic acids is 1. The molecule has 0 saturated heterocycles. The third-order valence-electron chi connectivity index (χ3n) is 16.0. The molecule has 424 valence electrons. The van der Waals surface area contributed by atoms with Crippen molar-refractivity contribution in [3.63, 3.8) is 0 Å². The van der Waals surface area contributed by atoms with Gasteiger partial charge in [-0.1, -0.05) is 379 Å². The van der Waals surface area contributed by atoms with Crippen LogP contribution in [-0.2, 0) is 4.79 Å². The van der Waals surface area contributed by atoms with Gasteiger partial charge in [0.05, 0.1) is 18.8 Å². The molecule has 2 unspecified atom stereocenters. The number of aliphatic hydroxyl groups excluding tert-OH is 2. The molecule has 3 N–H and O–H groups in total. The monoisotopic (exact) mass is 1000 g/mol. The summed E-state index contributed by atoms with van der Waals surface area (Å²) in [4.78, 5) is 12.5. The standard InChI is InChI=1S/C67H133NO3/c1-3-5-7-9-11-13-15-17-19-21-23-25-27-29-31-32-33-34-35-36-37-38-40-42-44-46-48-50-52-54-56-58-60-62-66(70)65(64-69)68-67(71)63-61-59-57-55-53-51-49-47-45-43-41-39-30-28-26-24-22-20-18-16-14-12-10-8-6-4-2/h60,62,65-66,69-70H,3-59,61,63-64H2,1-2H3,(H,68,71)/b62-60+. The van der Waals surface area contributed by atoms with Crippen LogP contribution in [0.25, 0.3) is 0 Å². The first-order valence-electron chi connectivity index (χ1n) is 33.4. The van der Waals surface area contributed by atoms with E-state index in [2.05, 4.69) is 19.2 Å². The topological polar surface area (TPSA) is 69.6 Å². The number of rotatable bonds is 63. The number of unbranched alkanes of at least 4 members (excludes halogenated alkanes) is 56. The lowest BCUT2D eigenvalue weighted by Gasteiger charge is -2.20. The summed E-state index contributed by atoms with van der Waals surface area (Å²) in [6.45, 7) is 4.37. The van der Waals surface area contributed by atoms with Gasteiger partial charge in [0, 0.05) is 6.42 Å². The molecule has 0 aromatic carbocycles. The zero-order valence-corrected chi connectivity index (χ0v) is 49.0. The van der Waals surface area contributed by atoms with Crippen LogP contribution in [0.3, 0.4) is 0 Å². The van der Waals surface area contributed by atoms with Crippen LogP contribution in [0, 0.1) is 0 Å². The average molecular weight is 1000 g/mol. The molecular weight excluding hydrogens is 867 g/mol. The van der Waals surface area contributed by atoms with Gasteiger partial charge in [0.25, 0.3) is 0 Å². The molecule has 0 rings (SSSR count). The smallest absolute Gasteiger partial charge is 0.220 e. The largest absolute Gasteiger partial charge is 0.394 e. The van der Waals surface area contributed by atoms with Gasteiger partial charge in [-0.25, -0.2) is 0 Å². The van der Waals surface area contributed by atoms with Crippen molar-refractivity contribution in [3.05, 3.63) is 12.2 Å². The van der Waals surface area contributed by atoms with Gasteiger partial charge in [-0.2, -0.15) is 0 Å². The molecule has 0 radical (unpaired) electrons. The molecule has 1 amide bonds. The summed E-state index contributed by atoms with van der Waals surface area (Å²) in [6, 6.07) is -0.619. The van der Waals surface area contributed by atoms with Crippen LogP contribution in [-0.4, -0.2) is 34.9 Å². The van der Waals surface area contributed by atoms with E-state index in [1.54, 1.807) is 6.08 Å². The van der Waals surface area contributed by atoms with E-state index >= 15 is 0 Å². The molecule has 4 nitrogen and oxygen atoms in total. The predicted molar refractivity (Wildman–Crippen MR) is 318 cm³/mol. The predicted octanol–water partition coefficient (Wildman–Crippen LogP) is 22.4. The van der Waals surface area contributed by atoms with Crippen molar-refractivity contribution >= 4 is 5.91 Å².